The molecule has 0 aliphatic carbocycles. The Labute approximate surface area is 161 Å². The third-order valence-electron chi connectivity index (χ3n) is 4.58. The van der Waals surface area contributed by atoms with Gasteiger partial charge in [-0.3, -0.25) is 14.7 Å². The van der Waals surface area contributed by atoms with E-state index in [-0.39, 0.29) is 5.96 Å². The molecule has 3 aromatic rings. The van der Waals surface area contributed by atoms with E-state index in [9.17, 15) is 9.18 Å². The molecule has 140 valence electrons. The fourth-order valence-corrected chi connectivity index (χ4v) is 3.12. The van der Waals surface area contributed by atoms with Gasteiger partial charge in [-0.1, -0.05) is 24.3 Å². The molecule has 2 aromatic carbocycles. The molecule has 28 heavy (non-hydrogen) atoms. The summed E-state index contributed by atoms with van der Waals surface area (Å²) in [5.41, 5.74) is 8.43. The van der Waals surface area contributed by atoms with Crippen LogP contribution in [-0.2, 0) is 4.79 Å². The van der Waals surface area contributed by atoms with Crippen LogP contribution in [-0.4, -0.2) is 29.3 Å². The lowest BCUT2D eigenvalue weighted by Crippen LogP contribution is -2.33. The van der Waals surface area contributed by atoms with Crippen LogP contribution in [0.1, 0.15) is 17.2 Å². The molecule has 4 rings (SSSR count). The summed E-state index contributed by atoms with van der Waals surface area (Å²) in [6.45, 7) is 0. The van der Waals surface area contributed by atoms with Crippen molar-refractivity contribution in [2.24, 2.45) is 10.7 Å². The monoisotopic (exact) mass is 376 g/mol. The molecule has 2 N–H and O–H groups in total. The molecule has 0 bridgehead atoms. The third-order valence-corrected chi connectivity index (χ3v) is 4.58. The number of hydrogen-bond acceptors (Lipinski definition) is 4. The van der Waals surface area contributed by atoms with Gasteiger partial charge < -0.3 is 10.5 Å². The number of aromatic nitrogens is 1. The van der Waals surface area contributed by atoms with Crippen LogP contribution < -0.4 is 10.5 Å². The van der Waals surface area contributed by atoms with Crippen LogP contribution in [0.2, 0.25) is 0 Å². The highest BCUT2D eigenvalue weighted by atomic mass is 19.1. The number of pyridine rings is 1. The summed E-state index contributed by atoms with van der Waals surface area (Å²) in [5.74, 6) is 0.555. The van der Waals surface area contributed by atoms with Crippen molar-refractivity contribution < 1.29 is 13.9 Å². The van der Waals surface area contributed by atoms with Gasteiger partial charge in [-0.05, 0) is 18.2 Å². The fraction of sp³-hybridized carbons (Fsp3) is 0.0952. The lowest BCUT2D eigenvalue weighted by atomic mass is 9.92. The Balaban J connectivity index is 1.91. The van der Waals surface area contributed by atoms with E-state index in [1.165, 1.54) is 18.0 Å². The molecule has 7 heteroatoms. The Hall–Kier alpha value is -3.74. The molecule has 1 aliphatic heterocycles. The van der Waals surface area contributed by atoms with Crippen molar-refractivity contribution in [3.8, 4) is 22.6 Å². The minimum absolute atomic E-state index is 0.0508. The first-order valence-electron chi connectivity index (χ1n) is 8.60. The van der Waals surface area contributed by atoms with E-state index >= 15 is 0 Å². The van der Waals surface area contributed by atoms with Crippen molar-refractivity contribution in [2.45, 2.75) is 6.04 Å². The van der Waals surface area contributed by atoms with Crippen molar-refractivity contribution >= 4 is 12.4 Å². The van der Waals surface area contributed by atoms with E-state index in [4.69, 9.17) is 10.5 Å². The number of para-hydroxylation sites is 1. The van der Waals surface area contributed by atoms with Crippen molar-refractivity contribution in [3.63, 3.8) is 0 Å². The van der Waals surface area contributed by atoms with E-state index in [1.807, 2.05) is 18.2 Å². The zero-order valence-corrected chi connectivity index (χ0v) is 15.0. The highest BCUT2D eigenvalue weighted by Crippen LogP contribution is 2.46. The number of carbonyl (C=O) groups excluding carboxylic acids is 1. The van der Waals surface area contributed by atoms with E-state index in [1.54, 1.807) is 36.7 Å². The fourth-order valence-electron chi connectivity index (χ4n) is 3.12. The van der Waals surface area contributed by atoms with Gasteiger partial charge in [0.1, 0.15) is 23.4 Å². The predicted octanol–water partition coefficient (Wildman–Crippen LogP) is 3.49. The first-order chi connectivity index (χ1) is 13.6. The molecule has 0 saturated heterocycles. The van der Waals surface area contributed by atoms with Gasteiger partial charge in [-0.25, -0.2) is 9.38 Å². The Bertz CT molecular complexity index is 1070. The predicted molar refractivity (Wildman–Crippen MR) is 103 cm³/mol. The molecule has 1 atom stereocenters. The second-order valence-corrected chi connectivity index (χ2v) is 6.36. The number of benzene rings is 2. The molecule has 1 aliphatic rings. The number of aliphatic imine (C=N–C) groups is 1. The highest BCUT2D eigenvalue weighted by Gasteiger charge is 2.29. The van der Waals surface area contributed by atoms with E-state index < -0.39 is 11.9 Å². The van der Waals surface area contributed by atoms with E-state index in [2.05, 4.69) is 9.98 Å². The van der Waals surface area contributed by atoms with Crippen LogP contribution >= 0.6 is 0 Å². The van der Waals surface area contributed by atoms with E-state index in [0.717, 1.165) is 5.56 Å². The van der Waals surface area contributed by atoms with Crippen molar-refractivity contribution in [1.82, 2.24) is 9.88 Å². The number of nitrogens with zero attached hydrogens (tertiary/aromatic N) is 3. The van der Waals surface area contributed by atoms with Crippen LogP contribution in [0, 0.1) is 5.82 Å². The lowest BCUT2D eigenvalue weighted by Gasteiger charge is -2.27. The van der Waals surface area contributed by atoms with Gasteiger partial charge in [0.2, 0.25) is 6.41 Å². The minimum Gasteiger partial charge on any atom is -0.456 e. The molecule has 0 spiro atoms. The number of guanidine groups is 1. The van der Waals surface area contributed by atoms with Gasteiger partial charge in [0, 0.05) is 47.8 Å². The van der Waals surface area contributed by atoms with Gasteiger partial charge in [-0.15, -0.1) is 0 Å². The Morgan fingerprint density at radius 2 is 2.04 bits per heavy atom. The zero-order valence-electron chi connectivity index (χ0n) is 15.0. The number of carbonyl (C=O) groups is 1. The first kappa shape index (κ1) is 17.7. The summed E-state index contributed by atoms with van der Waals surface area (Å²) >= 11 is 0. The molecule has 0 radical (unpaired) electrons. The first-order valence-corrected chi connectivity index (χ1v) is 8.60. The molecule has 1 amide bonds. The topological polar surface area (TPSA) is 80.8 Å². The maximum absolute atomic E-state index is 14.8. The van der Waals surface area contributed by atoms with Crippen molar-refractivity contribution in [2.75, 3.05) is 7.05 Å². The minimum atomic E-state index is -0.543. The Morgan fingerprint density at radius 1 is 1.21 bits per heavy atom. The Kier molecular flexibility index (Phi) is 4.49. The Morgan fingerprint density at radius 3 is 2.79 bits per heavy atom. The summed E-state index contributed by atoms with van der Waals surface area (Å²) in [7, 11) is 1.52. The largest absolute Gasteiger partial charge is 0.456 e. The lowest BCUT2D eigenvalue weighted by molar-refractivity contribution is -0.114. The zero-order chi connectivity index (χ0) is 19.7. The quantitative estimate of drug-likeness (QED) is 0.431. The number of halogens is 1. The van der Waals surface area contributed by atoms with Crippen LogP contribution in [0.25, 0.3) is 11.1 Å². The number of ether oxygens (including phenoxy) is 1. The number of hydrogen-bond donors (Lipinski definition) is 1. The van der Waals surface area contributed by atoms with Crippen molar-refractivity contribution in [3.05, 3.63) is 77.9 Å². The normalized spacial score (nSPS) is 15.2. The maximum Gasteiger partial charge on any atom is 0.216 e. The van der Waals surface area contributed by atoms with Gasteiger partial charge >= 0.3 is 0 Å². The highest BCUT2D eigenvalue weighted by molar-refractivity contribution is 5.87. The number of rotatable bonds is 3. The summed E-state index contributed by atoms with van der Waals surface area (Å²) in [6, 6.07) is 13.4. The van der Waals surface area contributed by atoms with Gasteiger partial charge in [-0.2, -0.15) is 0 Å². The van der Waals surface area contributed by atoms with Crippen LogP contribution in [0.5, 0.6) is 11.5 Å². The molecule has 1 aromatic heterocycles. The van der Waals surface area contributed by atoms with Crippen LogP contribution in [0.3, 0.4) is 0 Å². The van der Waals surface area contributed by atoms with Crippen molar-refractivity contribution in [1.29, 1.82) is 0 Å². The number of fused-ring (bicyclic) bond motifs is 2. The third kappa shape index (κ3) is 3.07. The summed E-state index contributed by atoms with van der Waals surface area (Å²) in [5, 5.41) is 0. The molecule has 2 heterocycles. The standard InChI is InChI=1S/C21H17FN4O2/c1-26(12-27)21(23)25-20-14-6-2-3-7-18(14)28-19-10-17(22)15(9-16(19)20)13-5-4-8-24-11-13/h2-12,20H,1H3,(H2,23,25). The molecule has 1 unspecified atom stereocenters. The van der Waals surface area contributed by atoms with Gasteiger partial charge in [0.05, 0.1) is 0 Å². The number of nitrogens with two attached hydrogens (primary N) is 1. The van der Waals surface area contributed by atoms with Crippen LogP contribution in [0.4, 0.5) is 4.39 Å². The second kappa shape index (κ2) is 7.11. The molecule has 0 fully saturated rings. The second-order valence-electron chi connectivity index (χ2n) is 6.36. The summed E-state index contributed by atoms with van der Waals surface area (Å²) < 4.78 is 20.7. The number of amides is 1. The summed E-state index contributed by atoms with van der Waals surface area (Å²) in [6.07, 6.45) is 3.80. The van der Waals surface area contributed by atoms with Gasteiger partial charge in [0.15, 0.2) is 5.96 Å². The molecular formula is C21H17FN4O2. The SMILES string of the molecule is CN(C=O)C(N)=NC1c2ccccc2Oc2cc(F)c(-c3cccnc3)cc21. The molecular weight excluding hydrogens is 359 g/mol. The molecule has 0 saturated carbocycles. The smallest absolute Gasteiger partial charge is 0.216 e. The average molecular weight is 376 g/mol. The maximum atomic E-state index is 14.8. The van der Waals surface area contributed by atoms with Crippen LogP contribution in [0.15, 0.2) is 65.9 Å². The van der Waals surface area contributed by atoms with E-state index in [0.29, 0.717) is 34.6 Å². The average Bonchev–Trinajstić information content (AvgIpc) is 2.73. The molecule has 6 nitrogen and oxygen atoms in total. The van der Waals surface area contributed by atoms with Gasteiger partial charge in [0.25, 0.3) is 0 Å². The summed E-state index contributed by atoms with van der Waals surface area (Å²) in [4.78, 5) is 20.8.